The van der Waals surface area contributed by atoms with Gasteiger partial charge in [-0.1, -0.05) is 54.7 Å². The molecule has 0 aromatic rings. The topological polar surface area (TPSA) is 0 Å². The van der Waals surface area contributed by atoms with Gasteiger partial charge in [-0.2, -0.15) is 0 Å². The second-order valence-corrected chi connectivity index (χ2v) is 23.1. The first-order valence-corrected chi connectivity index (χ1v) is 22.0. The van der Waals surface area contributed by atoms with Crippen LogP contribution in [0.25, 0.3) is 0 Å². The van der Waals surface area contributed by atoms with Crippen LogP contribution in [0.5, 0.6) is 0 Å². The first-order valence-electron chi connectivity index (χ1n) is 9.43. The SMILES string of the molecule is C1=CCC(/C=C/C2CC=CCC2)CC1.C=CC1CC=CCC1.I[I-]I. The molecule has 3 atom stereocenters. The first kappa shape index (κ1) is 23.9. The maximum atomic E-state index is 3.75. The van der Waals surface area contributed by atoms with Crippen LogP contribution >= 0.6 is 37.2 Å². The summed E-state index contributed by atoms with van der Waals surface area (Å²) in [4.78, 5) is 0. The Hall–Kier alpha value is 0.890. The molecule has 3 unspecified atom stereocenters. The number of hydrogen-bond acceptors (Lipinski definition) is 0. The molecule has 0 heterocycles. The van der Waals surface area contributed by atoms with Crippen molar-refractivity contribution in [3.63, 3.8) is 0 Å². The van der Waals surface area contributed by atoms with Gasteiger partial charge >= 0.3 is 50.5 Å². The predicted octanol–water partition coefficient (Wildman–Crippen LogP) is 5.56. The predicted molar refractivity (Wildman–Crippen MR) is 127 cm³/mol. The van der Waals surface area contributed by atoms with Crippen molar-refractivity contribution in [3.05, 3.63) is 61.3 Å². The van der Waals surface area contributed by atoms with Gasteiger partial charge in [-0.05, 0) is 75.5 Å². The zero-order valence-corrected chi connectivity index (χ0v) is 21.6. The van der Waals surface area contributed by atoms with Crippen molar-refractivity contribution < 1.29 is 13.3 Å². The van der Waals surface area contributed by atoms with E-state index in [0.29, 0.717) is 13.3 Å². The van der Waals surface area contributed by atoms with Gasteiger partial charge in [0.15, 0.2) is 0 Å². The minimum atomic E-state index is 0.530. The van der Waals surface area contributed by atoms with Gasteiger partial charge in [-0.25, -0.2) is 0 Å². The van der Waals surface area contributed by atoms with Gasteiger partial charge in [-0.3, -0.25) is 0 Å². The van der Waals surface area contributed by atoms with E-state index in [-0.39, 0.29) is 0 Å². The van der Waals surface area contributed by atoms with Gasteiger partial charge in [0.1, 0.15) is 0 Å². The molecule has 0 spiro atoms. The van der Waals surface area contributed by atoms with Crippen LogP contribution in [-0.4, -0.2) is 0 Å². The quantitative estimate of drug-likeness (QED) is 0.272. The zero-order valence-electron chi connectivity index (χ0n) is 15.1. The van der Waals surface area contributed by atoms with Crippen LogP contribution in [0.4, 0.5) is 0 Å². The summed E-state index contributed by atoms with van der Waals surface area (Å²) in [7, 11) is 0. The van der Waals surface area contributed by atoms with E-state index < -0.39 is 0 Å². The molecule has 3 heteroatoms. The van der Waals surface area contributed by atoms with Gasteiger partial charge in [0.25, 0.3) is 0 Å². The number of allylic oxidation sites excluding steroid dienone is 9. The fraction of sp³-hybridized carbons (Fsp3) is 0.545. The van der Waals surface area contributed by atoms with Crippen LogP contribution in [0.3, 0.4) is 0 Å². The average molecular weight is 677 g/mol. The van der Waals surface area contributed by atoms with Crippen LogP contribution in [0.2, 0.25) is 0 Å². The van der Waals surface area contributed by atoms with Crippen LogP contribution in [0, 0.1) is 17.8 Å². The van der Waals surface area contributed by atoms with E-state index in [1.165, 1.54) is 57.8 Å². The summed E-state index contributed by atoms with van der Waals surface area (Å²) < 4.78 is 0. The zero-order chi connectivity index (χ0) is 18.2. The molecule has 142 valence electrons. The number of hydrogen-bond donors (Lipinski definition) is 0. The van der Waals surface area contributed by atoms with Crippen LogP contribution in [-0.2, 0) is 0 Å². The molecule has 0 fully saturated rings. The van der Waals surface area contributed by atoms with Crippen molar-refractivity contribution in [1.29, 1.82) is 0 Å². The van der Waals surface area contributed by atoms with Gasteiger partial charge in [0.05, 0.1) is 0 Å². The summed E-state index contributed by atoms with van der Waals surface area (Å²) in [6, 6.07) is 0. The van der Waals surface area contributed by atoms with Gasteiger partial charge in [0.2, 0.25) is 0 Å². The van der Waals surface area contributed by atoms with Crippen molar-refractivity contribution >= 4 is 37.2 Å². The molecule has 0 aromatic carbocycles. The molecule has 25 heavy (non-hydrogen) atoms. The molecule has 0 aliphatic heterocycles. The molecule has 0 aromatic heterocycles. The normalized spacial score (nSPS) is 28.0. The van der Waals surface area contributed by atoms with Crippen LogP contribution in [0.1, 0.15) is 57.8 Å². The molecule has 0 saturated heterocycles. The van der Waals surface area contributed by atoms with Crippen molar-refractivity contribution in [2.75, 3.05) is 0 Å². The second kappa shape index (κ2) is 17.0. The fourth-order valence-electron chi connectivity index (χ4n) is 3.33. The van der Waals surface area contributed by atoms with Crippen LogP contribution < -0.4 is 13.3 Å². The van der Waals surface area contributed by atoms with Crippen molar-refractivity contribution in [3.8, 4) is 0 Å². The molecular formula is C22H32I3-. The van der Waals surface area contributed by atoms with E-state index in [1.54, 1.807) is 0 Å². The Morgan fingerprint density at radius 2 is 1.04 bits per heavy atom. The molecule has 3 rings (SSSR count). The number of halogens is 3. The third-order valence-electron chi connectivity index (χ3n) is 4.92. The summed E-state index contributed by atoms with van der Waals surface area (Å²) in [6.07, 6.45) is 32.3. The third-order valence-corrected chi connectivity index (χ3v) is 4.92. The van der Waals surface area contributed by atoms with Gasteiger partial charge in [-0.15, -0.1) is 6.58 Å². The minimum absolute atomic E-state index is 0.530. The van der Waals surface area contributed by atoms with Crippen molar-refractivity contribution in [2.24, 2.45) is 17.8 Å². The molecule has 0 amide bonds. The number of rotatable bonds is 3. The fourth-order valence-corrected chi connectivity index (χ4v) is 3.33. The summed E-state index contributed by atoms with van der Waals surface area (Å²) in [5.41, 5.74) is 0. The van der Waals surface area contributed by atoms with E-state index in [2.05, 4.69) is 98.5 Å². The molecular weight excluding hydrogens is 645 g/mol. The van der Waals surface area contributed by atoms with E-state index in [1.807, 2.05) is 0 Å². The van der Waals surface area contributed by atoms with E-state index >= 15 is 0 Å². The van der Waals surface area contributed by atoms with Crippen LogP contribution in [0.15, 0.2) is 61.3 Å². The van der Waals surface area contributed by atoms with E-state index in [0.717, 1.165) is 17.8 Å². The first-order chi connectivity index (χ1) is 12.3. The van der Waals surface area contributed by atoms with Gasteiger partial charge < -0.3 is 0 Å². The molecule has 0 saturated carbocycles. The van der Waals surface area contributed by atoms with E-state index in [4.69, 9.17) is 0 Å². The Bertz CT molecular complexity index is 422. The summed E-state index contributed by atoms with van der Waals surface area (Å²) in [5.74, 6) is 2.41. The summed E-state index contributed by atoms with van der Waals surface area (Å²) in [5, 5.41) is 0. The Balaban J connectivity index is 0.000000241. The Morgan fingerprint density at radius 1 is 0.680 bits per heavy atom. The Morgan fingerprint density at radius 3 is 1.28 bits per heavy atom. The average Bonchev–Trinajstić information content (AvgIpc) is 2.70. The Labute approximate surface area is 185 Å². The molecule has 0 radical (unpaired) electrons. The molecule has 0 nitrogen and oxygen atoms in total. The molecule has 3 aliphatic rings. The molecule has 0 N–H and O–H groups in total. The van der Waals surface area contributed by atoms with Gasteiger partial charge in [0, 0.05) is 0 Å². The monoisotopic (exact) mass is 677 g/mol. The third kappa shape index (κ3) is 12.8. The maximum absolute atomic E-state index is 3.75. The standard InChI is InChI=1S/C14H20.C8H12.I3/c1-3-7-13(8-4-1)11-12-14-9-5-2-6-10-14;1-2-8-6-4-3-5-7-8;1-3-2/h1-3,5,11-14H,4,6-10H2;2-4,8H,1,5-7H2;/q;;-1/b12-11+;;. The Kier molecular flexibility index (Phi) is 16.3. The van der Waals surface area contributed by atoms with Crippen molar-refractivity contribution in [2.45, 2.75) is 57.8 Å². The van der Waals surface area contributed by atoms with E-state index in [9.17, 15) is 0 Å². The summed E-state index contributed by atoms with van der Waals surface area (Å²) in [6.45, 7) is 3.75. The summed E-state index contributed by atoms with van der Waals surface area (Å²) >= 11 is 5.30. The molecule has 3 aliphatic carbocycles. The second-order valence-electron chi connectivity index (χ2n) is 6.81. The van der Waals surface area contributed by atoms with Crippen molar-refractivity contribution in [1.82, 2.24) is 0 Å². The molecule has 0 bridgehead atoms.